The van der Waals surface area contributed by atoms with Crippen LogP contribution in [0.3, 0.4) is 0 Å². The van der Waals surface area contributed by atoms with Crippen molar-refractivity contribution in [2.24, 2.45) is 0 Å². The number of halogens is 3. The van der Waals surface area contributed by atoms with Gasteiger partial charge >= 0.3 is 6.18 Å². The van der Waals surface area contributed by atoms with Gasteiger partial charge in [0.1, 0.15) is 5.60 Å². The molecule has 0 saturated heterocycles. The van der Waals surface area contributed by atoms with E-state index >= 15 is 0 Å². The van der Waals surface area contributed by atoms with Crippen LogP contribution in [0, 0.1) is 0 Å². The molecule has 0 fully saturated rings. The normalized spacial score (nSPS) is 15.2. The van der Waals surface area contributed by atoms with Crippen molar-refractivity contribution in [2.45, 2.75) is 51.4 Å². The summed E-state index contributed by atoms with van der Waals surface area (Å²) < 4.78 is 56.7. The van der Waals surface area contributed by atoms with Crippen molar-refractivity contribution in [1.29, 1.82) is 0 Å². The molecule has 8 heteroatoms. The first-order valence-electron chi connectivity index (χ1n) is 8.37. The Morgan fingerprint density at radius 2 is 1.63 bits per heavy atom. The third-order valence-corrected chi connectivity index (χ3v) is 4.67. The van der Waals surface area contributed by atoms with E-state index in [2.05, 4.69) is 4.98 Å². The minimum absolute atomic E-state index is 0.108. The van der Waals surface area contributed by atoms with Crippen LogP contribution in [0.4, 0.5) is 13.2 Å². The Labute approximate surface area is 156 Å². The molecule has 0 amide bonds. The Morgan fingerprint density at radius 3 is 2.11 bits per heavy atom. The number of ether oxygens (including phenoxy) is 3. The van der Waals surface area contributed by atoms with Gasteiger partial charge in [0.2, 0.25) is 5.88 Å². The van der Waals surface area contributed by atoms with Crippen molar-refractivity contribution in [3.05, 3.63) is 35.4 Å². The van der Waals surface area contributed by atoms with Crippen LogP contribution in [0.2, 0.25) is 0 Å². The van der Waals surface area contributed by atoms with Crippen molar-refractivity contribution in [1.82, 2.24) is 4.98 Å². The fourth-order valence-corrected chi connectivity index (χ4v) is 2.78. The molecular weight excluding hydrogens is 363 g/mol. The number of aliphatic hydroxyl groups is 1. The van der Waals surface area contributed by atoms with Crippen LogP contribution in [0.5, 0.6) is 5.88 Å². The number of alkyl halides is 3. The summed E-state index contributed by atoms with van der Waals surface area (Å²) in [7, 11) is 2.69. The average molecular weight is 387 g/mol. The minimum Gasteiger partial charge on any atom is -0.475 e. The summed E-state index contributed by atoms with van der Waals surface area (Å²) in [5.41, 5.74) is -2.30. The van der Waals surface area contributed by atoms with Crippen molar-refractivity contribution in [3.63, 3.8) is 0 Å². The third kappa shape index (κ3) is 4.02. The summed E-state index contributed by atoms with van der Waals surface area (Å²) >= 11 is 0. The molecule has 0 radical (unpaired) electrons. The van der Waals surface area contributed by atoms with E-state index in [1.54, 1.807) is 13.8 Å². The highest BCUT2D eigenvalue weighted by atomic mass is 19.4. The molecule has 0 aliphatic carbocycles. The lowest BCUT2D eigenvalue weighted by molar-refractivity contribution is -0.291. The number of methoxy groups -OCH3 is 2. The SMILES string of the molecule is COC(C)(OC)C(C)(O)c1ccc2nc(OC(C)C)cc(C(F)(F)F)c2c1. The molecule has 1 atom stereocenters. The van der Waals surface area contributed by atoms with Gasteiger partial charge in [0.25, 0.3) is 0 Å². The number of rotatable bonds is 6. The lowest BCUT2D eigenvalue weighted by Crippen LogP contribution is -2.50. The molecule has 0 aliphatic heterocycles. The van der Waals surface area contributed by atoms with Crippen molar-refractivity contribution in [3.8, 4) is 5.88 Å². The van der Waals surface area contributed by atoms with Gasteiger partial charge in [0, 0.05) is 25.7 Å². The van der Waals surface area contributed by atoms with E-state index in [0.29, 0.717) is 0 Å². The molecule has 0 spiro atoms. The topological polar surface area (TPSA) is 60.8 Å². The number of benzene rings is 1. The highest BCUT2D eigenvalue weighted by molar-refractivity contribution is 5.84. The summed E-state index contributed by atoms with van der Waals surface area (Å²) in [4.78, 5) is 4.15. The van der Waals surface area contributed by atoms with Crippen LogP contribution in [0.25, 0.3) is 10.9 Å². The predicted octanol–water partition coefficient (Wildman–Crippen LogP) is 4.26. The zero-order valence-corrected chi connectivity index (χ0v) is 16.1. The van der Waals surface area contributed by atoms with Crippen molar-refractivity contribution < 1.29 is 32.5 Å². The minimum atomic E-state index is -4.62. The second-order valence-electron chi connectivity index (χ2n) is 6.83. The molecule has 0 bridgehead atoms. The van der Waals surface area contributed by atoms with E-state index < -0.39 is 23.1 Å². The van der Waals surface area contributed by atoms with Gasteiger partial charge in [-0.15, -0.1) is 0 Å². The van der Waals surface area contributed by atoms with Crippen molar-refractivity contribution in [2.75, 3.05) is 14.2 Å². The molecule has 1 aromatic carbocycles. The van der Waals surface area contributed by atoms with Gasteiger partial charge in [0.15, 0.2) is 5.79 Å². The second kappa shape index (κ2) is 7.26. The van der Waals surface area contributed by atoms with Gasteiger partial charge in [-0.2, -0.15) is 13.2 Å². The number of pyridine rings is 1. The Bertz CT molecular complexity index is 814. The highest BCUT2D eigenvalue weighted by Crippen LogP contribution is 2.40. The maximum absolute atomic E-state index is 13.6. The molecule has 1 unspecified atom stereocenters. The van der Waals surface area contributed by atoms with E-state index in [1.807, 2.05) is 0 Å². The maximum atomic E-state index is 13.6. The van der Waals surface area contributed by atoms with Crippen molar-refractivity contribution >= 4 is 10.9 Å². The van der Waals surface area contributed by atoms with Gasteiger partial charge in [-0.05, 0) is 45.4 Å². The zero-order valence-electron chi connectivity index (χ0n) is 16.1. The number of fused-ring (bicyclic) bond motifs is 1. The van der Waals surface area contributed by atoms with Gasteiger partial charge in [-0.25, -0.2) is 4.98 Å². The van der Waals surface area contributed by atoms with Gasteiger partial charge < -0.3 is 19.3 Å². The lowest BCUT2D eigenvalue weighted by Gasteiger charge is -2.40. The molecule has 0 aliphatic rings. The predicted molar refractivity (Wildman–Crippen MR) is 94.5 cm³/mol. The van der Waals surface area contributed by atoms with E-state index in [1.165, 1.54) is 46.3 Å². The summed E-state index contributed by atoms with van der Waals surface area (Å²) in [6.45, 7) is 6.32. The summed E-state index contributed by atoms with van der Waals surface area (Å²) in [5.74, 6) is -1.57. The number of hydrogen-bond donors (Lipinski definition) is 1. The molecule has 0 saturated carbocycles. The van der Waals surface area contributed by atoms with Gasteiger partial charge in [0.05, 0.1) is 17.2 Å². The van der Waals surface area contributed by atoms with Crippen LogP contribution in [-0.2, 0) is 21.3 Å². The first-order valence-corrected chi connectivity index (χ1v) is 8.37. The molecule has 1 N–H and O–H groups in total. The van der Waals surface area contributed by atoms with E-state index in [4.69, 9.17) is 14.2 Å². The van der Waals surface area contributed by atoms with Gasteiger partial charge in [-0.1, -0.05) is 6.07 Å². The first-order chi connectivity index (χ1) is 12.4. The lowest BCUT2D eigenvalue weighted by atomic mass is 9.86. The molecule has 2 rings (SSSR count). The quantitative estimate of drug-likeness (QED) is 0.751. The van der Waals surface area contributed by atoms with Crippen LogP contribution in [0.15, 0.2) is 24.3 Å². The van der Waals surface area contributed by atoms with Gasteiger partial charge in [-0.3, -0.25) is 0 Å². The molecular formula is C19H24F3NO4. The Kier molecular flexibility index (Phi) is 5.75. The Balaban J connectivity index is 2.72. The number of hydrogen-bond acceptors (Lipinski definition) is 5. The van der Waals surface area contributed by atoms with Crippen LogP contribution in [0.1, 0.15) is 38.8 Å². The smallest absolute Gasteiger partial charge is 0.417 e. The molecule has 150 valence electrons. The molecule has 5 nitrogen and oxygen atoms in total. The van der Waals surface area contributed by atoms with E-state index in [-0.39, 0.29) is 28.5 Å². The molecule has 1 aromatic heterocycles. The van der Waals surface area contributed by atoms with Crippen LogP contribution < -0.4 is 4.74 Å². The monoisotopic (exact) mass is 387 g/mol. The number of aromatic nitrogens is 1. The second-order valence-corrected chi connectivity index (χ2v) is 6.83. The maximum Gasteiger partial charge on any atom is 0.417 e. The standard InChI is InChI=1S/C19H24F3NO4/c1-11(2)27-16-10-14(19(20,21)22)13-9-12(7-8-15(13)23-16)17(3,24)18(4,25-5)26-6/h7-11,24H,1-6H3. The zero-order chi connectivity index (χ0) is 20.6. The van der Waals surface area contributed by atoms with Crippen LogP contribution >= 0.6 is 0 Å². The molecule has 1 heterocycles. The van der Waals surface area contributed by atoms with E-state index in [0.717, 1.165) is 6.07 Å². The molecule has 27 heavy (non-hydrogen) atoms. The summed E-state index contributed by atoms with van der Waals surface area (Å²) in [6.07, 6.45) is -4.94. The highest BCUT2D eigenvalue weighted by Gasteiger charge is 2.46. The van der Waals surface area contributed by atoms with Crippen LogP contribution in [-0.4, -0.2) is 36.2 Å². The first kappa shape index (κ1) is 21.4. The Hall–Kier alpha value is -1.90. The van der Waals surface area contributed by atoms with E-state index in [9.17, 15) is 18.3 Å². The summed E-state index contributed by atoms with van der Waals surface area (Å²) in [5, 5.41) is 10.8. The fraction of sp³-hybridized carbons (Fsp3) is 0.526. The average Bonchev–Trinajstić information content (AvgIpc) is 2.58. The largest absolute Gasteiger partial charge is 0.475 e. The Morgan fingerprint density at radius 1 is 1.04 bits per heavy atom. The third-order valence-electron chi connectivity index (χ3n) is 4.67. The molecule has 2 aromatic rings. The fourth-order valence-electron chi connectivity index (χ4n) is 2.78. The number of nitrogens with zero attached hydrogens (tertiary/aromatic N) is 1. The summed E-state index contributed by atoms with van der Waals surface area (Å²) in [6, 6.07) is 5.02.